The summed E-state index contributed by atoms with van der Waals surface area (Å²) in [5.74, 6) is 3.09. The van der Waals surface area contributed by atoms with Crippen LogP contribution in [0.15, 0.2) is 61.4 Å². The fourth-order valence-electron chi connectivity index (χ4n) is 2.39. The second kappa shape index (κ2) is 47.6. The van der Waals surface area contributed by atoms with E-state index in [0.29, 0.717) is 66.5 Å². The predicted molar refractivity (Wildman–Crippen MR) is 210 cm³/mol. The summed E-state index contributed by atoms with van der Waals surface area (Å²) in [6, 6.07) is -1.19. The van der Waals surface area contributed by atoms with Gasteiger partial charge in [-0.25, -0.2) is 34.1 Å². The molecule has 0 aliphatic rings. The molecule has 10 N–H and O–H groups in total. The first-order valence-electron chi connectivity index (χ1n) is 15.3. The number of aromatic nitrogens is 6. The minimum Gasteiger partial charge on any atom is -1.00 e. The van der Waals surface area contributed by atoms with Gasteiger partial charge in [0.05, 0.1) is 36.7 Å². The molecule has 0 aliphatic heterocycles. The van der Waals surface area contributed by atoms with E-state index < -0.39 is 6.03 Å². The summed E-state index contributed by atoms with van der Waals surface area (Å²) in [5.41, 5.74) is 6.94. The summed E-state index contributed by atoms with van der Waals surface area (Å²) in [6.45, 7) is 3.50. The van der Waals surface area contributed by atoms with Gasteiger partial charge < -0.3 is 57.5 Å². The Morgan fingerprint density at radius 3 is 1.25 bits per heavy atom. The molecule has 0 bridgehead atoms. The number of hydrogen-bond donors (Lipinski definition) is 6. The lowest BCUT2D eigenvalue weighted by Gasteiger charge is -2.11. The van der Waals surface area contributed by atoms with Crippen LogP contribution in [-0.4, -0.2) is 145 Å². The number of alkyl halides is 7. The molecular formula is C27H47Cl9N14O5. The Hall–Kier alpha value is -2.56. The third-order valence-corrected chi connectivity index (χ3v) is 6.05. The number of imidazole rings is 3. The van der Waals surface area contributed by atoms with E-state index in [1.165, 1.54) is 32.7 Å². The van der Waals surface area contributed by atoms with Crippen molar-refractivity contribution in [1.29, 1.82) is 0 Å². The zero-order valence-corrected chi connectivity index (χ0v) is 36.3. The molecule has 3 aromatic rings. The van der Waals surface area contributed by atoms with Gasteiger partial charge in [0.15, 0.2) is 0 Å². The number of nitrogens with zero attached hydrogens (tertiary/aromatic N) is 8. The lowest BCUT2D eigenvalue weighted by Crippen LogP contribution is -3.00. The van der Waals surface area contributed by atoms with Crippen LogP contribution >= 0.6 is 81.2 Å². The van der Waals surface area contributed by atoms with Gasteiger partial charge in [-0.2, -0.15) is 5.01 Å². The highest BCUT2D eigenvalue weighted by atomic mass is 35.5. The quantitative estimate of drug-likeness (QED) is 0.0561. The average Bonchev–Trinajstić information content (AvgIpc) is 4.02. The molecule has 5 amide bonds. The van der Waals surface area contributed by atoms with Crippen molar-refractivity contribution in [3.05, 3.63) is 61.1 Å². The second-order valence-corrected chi connectivity index (χ2v) is 11.2. The molecule has 0 atom stereocenters. The third kappa shape index (κ3) is 38.1. The van der Waals surface area contributed by atoms with E-state index in [-0.39, 0.29) is 55.3 Å². The van der Waals surface area contributed by atoms with Crippen LogP contribution in [0.3, 0.4) is 0 Å². The number of halogens is 9. The average molecular weight is 967 g/mol. The summed E-state index contributed by atoms with van der Waals surface area (Å²) in [6.07, 6.45) is 13.7. The maximum atomic E-state index is 11.4. The molecule has 0 unspecified atom stereocenters. The van der Waals surface area contributed by atoms with Crippen LogP contribution in [0.2, 0.25) is 0 Å². The number of nitroso groups, excluding NO2 is 1. The van der Waals surface area contributed by atoms with Gasteiger partial charge >= 0.3 is 24.1 Å². The van der Waals surface area contributed by atoms with Crippen LogP contribution in [0.25, 0.3) is 0 Å². The van der Waals surface area contributed by atoms with Crippen molar-refractivity contribution < 1.29 is 55.5 Å². The molecule has 318 valence electrons. The molecule has 0 saturated carbocycles. The fraction of sp³-hybridized carbons (Fsp3) is 0.519. The third-order valence-electron chi connectivity index (χ3n) is 4.59. The first-order chi connectivity index (χ1) is 25.6. The highest BCUT2D eigenvalue weighted by Crippen LogP contribution is 1.93. The van der Waals surface area contributed by atoms with Gasteiger partial charge in [0.1, 0.15) is 19.0 Å². The number of rotatable bonds is 13. The van der Waals surface area contributed by atoms with E-state index >= 15 is 0 Å². The number of carbonyl (C=O) groups is 4. The van der Waals surface area contributed by atoms with Crippen molar-refractivity contribution in [3.8, 4) is 0 Å². The molecule has 19 nitrogen and oxygen atoms in total. The number of hydrogen-bond acceptors (Lipinski definition) is 9. The normalized spacial score (nSPS) is 8.82. The van der Waals surface area contributed by atoms with Crippen LogP contribution in [0, 0.1) is 4.91 Å². The van der Waals surface area contributed by atoms with Crippen LogP contribution in [0.4, 0.5) is 19.2 Å². The molecular weight excluding hydrogens is 919 g/mol. The maximum absolute atomic E-state index is 11.4. The Balaban J connectivity index is -0.000000188. The summed E-state index contributed by atoms with van der Waals surface area (Å²) >= 11 is 36.8. The fourth-order valence-corrected chi connectivity index (χ4v) is 2.93. The first kappa shape index (κ1) is 61.7. The molecule has 3 heterocycles. The van der Waals surface area contributed by atoms with Crippen LogP contribution in [-0.2, 0) is 0 Å². The number of amides is 5. The lowest BCUT2D eigenvalue weighted by molar-refractivity contribution is -0.361. The molecule has 3 aromatic heterocycles. The number of carbonyl (C=O) groups excluding carboxylic acids is 4. The molecule has 55 heavy (non-hydrogen) atoms. The standard InChI is InChI=1S/C7H6N4O.C6H8ClN3O.C5H9Cl2N3O2.C5H10Cl2N2O.2C2H6ClN.2ClH/c12-7(10-3-1-8-5-10)11-4-2-9-6-11;7-1-2-9-6(11)10-4-3-8-5-10;6-1-3-8-5(11)10(9-12)4-2-7;6-1-3-8-5(10)9-4-2-7;2*3-1-2-4;;/h1-6H;3-5H,1-2H2,(H,9,11);1-4H2,(H,8,11);1-4H2,(H2,8,9,10);2*1-2,4H2;2*1H. The summed E-state index contributed by atoms with van der Waals surface area (Å²) in [5, 5.41) is 13.2. The van der Waals surface area contributed by atoms with Gasteiger partial charge in [-0.3, -0.25) is 13.7 Å². The van der Waals surface area contributed by atoms with Gasteiger partial charge in [-0.1, -0.05) is 0 Å². The molecule has 0 saturated heterocycles. The van der Waals surface area contributed by atoms with Crippen molar-refractivity contribution in [1.82, 2.24) is 54.9 Å². The molecule has 28 heteroatoms. The minimum atomic E-state index is -0.578. The monoisotopic (exact) mass is 962 g/mol. The van der Waals surface area contributed by atoms with Gasteiger partial charge in [0.2, 0.25) is 0 Å². The smallest absolute Gasteiger partial charge is 0.340 e. The van der Waals surface area contributed by atoms with Crippen molar-refractivity contribution in [3.63, 3.8) is 0 Å². The second-order valence-electron chi connectivity index (χ2n) is 8.57. The zero-order valence-electron chi connectivity index (χ0n) is 29.5. The topological polar surface area (TPSA) is 258 Å². The van der Waals surface area contributed by atoms with Gasteiger partial charge in [0.25, 0.3) is 0 Å². The minimum absolute atomic E-state index is 0. The van der Waals surface area contributed by atoms with Crippen molar-refractivity contribution in [2.24, 2.45) is 5.29 Å². The van der Waals surface area contributed by atoms with E-state index in [2.05, 4.69) is 53.0 Å². The molecule has 0 radical (unpaired) electrons. The zero-order chi connectivity index (χ0) is 40.5. The molecule has 0 fully saturated rings. The Morgan fingerprint density at radius 1 is 0.582 bits per heavy atom. The van der Waals surface area contributed by atoms with Crippen molar-refractivity contribution >= 4 is 105 Å². The van der Waals surface area contributed by atoms with E-state index in [9.17, 15) is 24.1 Å². The molecule has 0 aromatic carbocycles. The number of urea groups is 2. The van der Waals surface area contributed by atoms with E-state index in [0.717, 1.165) is 13.1 Å². The van der Waals surface area contributed by atoms with Crippen LogP contribution in [0.5, 0.6) is 0 Å². The predicted octanol–water partition coefficient (Wildman–Crippen LogP) is -3.86. The largest absolute Gasteiger partial charge is 1.00 e. The Bertz CT molecular complexity index is 1220. The lowest BCUT2D eigenvalue weighted by atomic mass is 10.6. The van der Waals surface area contributed by atoms with E-state index in [4.69, 9.17) is 81.2 Å². The summed E-state index contributed by atoms with van der Waals surface area (Å²) in [4.78, 5) is 65.2. The Labute approximate surface area is 366 Å². The Kier molecular flexibility index (Phi) is 53.4. The van der Waals surface area contributed by atoms with Crippen molar-refractivity contribution in [2.45, 2.75) is 0 Å². The van der Waals surface area contributed by atoms with E-state index in [1.807, 2.05) is 0 Å². The van der Waals surface area contributed by atoms with Crippen LogP contribution in [0.1, 0.15) is 0 Å². The first-order valence-corrected chi connectivity index (χ1v) is 19.0. The van der Waals surface area contributed by atoms with Gasteiger partial charge in [-0.05, 0) is 0 Å². The SMILES string of the molecule is O=C(NCCCl)NCCCl.O=C(NCCCl)n1ccnc1.O=C(n1ccnc1)n1ccnc1.O=NN(CCCl)C(=O)NCCCl.[Cl-].[Cl-].[NH3+]CCCl.[NH3+]CCCl. The highest BCUT2D eigenvalue weighted by Gasteiger charge is 2.11. The highest BCUT2D eigenvalue weighted by molar-refractivity contribution is 6.19. The van der Waals surface area contributed by atoms with Crippen molar-refractivity contribution in [2.75, 3.05) is 87.0 Å². The summed E-state index contributed by atoms with van der Waals surface area (Å²) < 4.78 is 4.11. The molecule has 3 rings (SSSR count). The van der Waals surface area contributed by atoms with Gasteiger partial charge in [-0.15, -0.1) is 86.1 Å². The van der Waals surface area contributed by atoms with Gasteiger partial charge in [0, 0.05) is 92.8 Å². The summed E-state index contributed by atoms with van der Waals surface area (Å²) in [7, 11) is 0. The maximum Gasteiger partial charge on any atom is 0.340 e. The molecule has 0 aliphatic carbocycles. The number of quaternary nitrogens is 2. The van der Waals surface area contributed by atoms with Crippen LogP contribution < -0.4 is 57.5 Å². The van der Waals surface area contributed by atoms with E-state index in [1.54, 1.807) is 37.2 Å². The Morgan fingerprint density at radius 2 is 0.945 bits per heavy atom. The molecule has 0 spiro atoms. The number of nitrogens with one attached hydrogen (secondary N) is 4.